The van der Waals surface area contributed by atoms with Gasteiger partial charge in [0.05, 0.1) is 0 Å². The Bertz CT molecular complexity index is 289. The minimum atomic E-state index is 0.733. The van der Waals surface area contributed by atoms with E-state index in [2.05, 4.69) is 6.08 Å². The van der Waals surface area contributed by atoms with Crippen molar-refractivity contribution in [2.75, 3.05) is 5.75 Å². The predicted molar refractivity (Wildman–Crippen MR) is 58.5 cm³/mol. The molecule has 0 fully saturated rings. The highest BCUT2D eigenvalue weighted by molar-refractivity contribution is 8.76. The van der Waals surface area contributed by atoms with Crippen molar-refractivity contribution in [1.29, 1.82) is 0 Å². The summed E-state index contributed by atoms with van der Waals surface area (Å²) in [6, 6.07) is 5.42. The number of nitrogens with zero attached hydrogens (tertiary/aromatic N) is 1. The van der Waals surface area contributed by atoms with Gasteiger partial charge < -0.3 is 5.21 Å². The van der Waals surface area contributed by atoms with E-state index in [-0.39, 0.29) is 0 Å². The Morgan fingerprint density at radius 2 is 2.38 bits per heavy atom. The zero-order valence-corrected chi connectivity index (χ0v) is 8.98. The molecule has 70 valence electrons. The lowest BCUT2D eigenvalue weighted by Gasteiger charge is -2.00. The maximum Gasteiger partial charge on any atom is 0.261 e. The molecule has 1 rings (SSSR count). The van der Waals surface area contributed by atoms with Gasteiger partial charge in [-0.15, -0.1) is 0 Å². The molecule has 0 saturated carbocycles. The van der Waals surface area contributed by atoms with Crippen LogP contribution < -0.4 is 4.73 Å². The molecule has 0 aliphatic rings. The average Bonchev–Trinajstić information content (AvgIpc) is 2.15. The summed E-state index contributed by atoms with van der Waals surface area (Å²) in [5.74, 6) is 0.927. The van der Waals surface area contributed by atoms with Crippen LogP contribution in [0.15, 0.2) is 41.6 Å². The summed E-state index contributed by atoms with van der Waals surface area (Å²) < 4.78 is 0.882. The smallest absolute Gasteiger partial charge is 0.261 e. The molecule has 0 unspecified atom stereocenters. The molecule has 1 aromatic heterocycles. The second-order valence-electron chi connectivity index (χ2n) is 2.30. The second kappa shape index (κ2) is 5.94. The molecular weight excluding hydrogens is 202 g/mol. The normalized spacial score (nSPS) is 10.8. The third kappa shape index (κ3) is 3.74. The van der Waals surface area contributed by atoms with E-state index >= 15 is 0 Å². The lowest BCUT2D eigenvalue weighted by atomic mass is 10.5. The molecule has 0 aliphatic heterocycles. The summed E-state index contributed by atoms with van der Waals surface area (Å²) in [4.78, 5) is 0. The van der Waals surface area contributed by atoms with Crippen LogP contribution in [0.5, 0.6) is 0 Å². The van der Waals surface area contributed by atoms with Crippen LogP contribution >= 0.6 is 21.6 Å². The van der Waals surface area contributed by atoms with Gasteiger partial charge in [-0.1, -0.05) is 22.9 Å². The molecule has 13 heavy (non-hydrogen) atoms. The van der Waals surface area contributed by atoms with Gasteiger partial charge >= 0.3 is 0 Å². The summed E-state index contributed by atoms with van der Waals surface area (Å²) in [5.41, 5.74) is 0. The summed E-state index contributed by atoms with van der Waals surface area (Å²) in [7, 11) is 3.16. The van der Waals surface area contributed by atoms with Crippen molar-refractivity contribution in [3.63, 3.8) is 0 Å². The molecule has 0 saturated heterocycles. The maximum atomic E-state index is 11.1. The highest BCUT2D eigenvalue weighted by Gasteiger charge is 2.02. The van der Waals surface area contributed by atoms with Gasteiger partial charge in [0.2, 0.25) is 0 Å². The van der Waals surface area contributed by atoms with Crippen LogP contribution in [0.3, 0.4) is 0 Å². The number of aromatic nitrogens is 1. The summed E-state index contributed by atoms with van der Waals surface area (Å²) in [5, 5.41) is 11.9. The molecule has 0 amide bonds. The van der Waals surface area contributed by atoms with Crippen molar-refractivity contribution in [3.8, 4) is 0 Å². The van der Waals surface area contributed by atoms with Crippen LogP contribution in [-0.2, 0) is 0 Å². The number of pyridine rings is 1. The highest BCUT2D eigenvalue weighted by atomic mass is 33.1. The molecule has 0 N–H and O–H groups in total. The first-order valence-corrected chi connectivity index (χ1v) is 6.25. The molecule has 0 atom stereocenters. The monoisotopic (exact) mass is 213 g/mol. The molecule has 0 aromatic carbocycles. The fourth-order valence-electron chi connectivity index (χ4n) is 0.707. The van der Waals surface area contributed by atoms with Crippen LogP contribution in [0.25, 0.3) is 0 Å². The largest absolute Gasteiger partial charge is 0.618 e. The Kier molecular flexibility index (Phi) is 4.78. The van der Waals surface area contributed by atoms with E-state index in [9.17, 15) is 5.21 Å². The third-order valence-corrected chi connectivity index (χ3v) is 3.54. The Morgan fingerprint density at radius 3 is 3.08 bits per heavy atom. The molecule has 0 aliphatic carbocycles. The van der Waals surface area contributed by atoms with Gasteiger partial charge in [0.15, 0.2) is 6.20 Å². The summed E-state index contributed by atoms with van der Waals surface area (Å²) in [6.07, 6.45) is 5.58. The lowest BCUT2D eigenvalue weighted by Crippen LogP contribution is -2.27. The molecule has 1 aromatic rings. The van der Waals surface area contributed by atoms with E-state index in [1.165, 1.54) is 17.0 Å². The Hall–Kier alpha value is -0.610. The Labute approximate surface area is 86.0 Å². The van der Waals surface area contributed by atoms with Gasteiger partial charge in [-0.05, 0) is 13.0 Å². The molecule has 0 spiro atoms. The van der Waals surface area contributed by atoms with Crippen molar-refractivity contribution in [2.45, 2.75) is 11.9 Å². The first-order chi connectivity index (χ1) is 6.34. The molecular formula is C9H11NOS2. The van der Waals surface area contributed by atoms with Gasteiger partial charge in [0, 0.05) is 28.7 Å². The van der Waals surface area contributed by atoms with Crippen molar-refractivity contribution >= 4 is 21.6 Å². The minimum absolute atomic E-state index is 0.733. The van der Waals surface area contributed by atoms with Crippen molar-refractivity contribution < 1.29 is 4.73 Å². The maximum absolute atomic E-state index is 11.1. The van der Waals surface area contributed by atoms with E-state index in [1.807, 2.05) is 25.1 Å². The van der Waals surface area contributed by atoms with E-state index < -0.39 is 0 Å². The number of hydrogen-bond donors (Lipinski definition) is 0. The third-order valence-electron chi connectivity index (χ3n) is 1.33. The van der Waals surface area contributed by atoms with E-state index in [1.54, 1.807) is 16.9 Å². The molecule has 4 heteroatoms. The van der Waals surface area contributed by atoms with Gasteiger partial charge in [0.1, 0.15) is 0 Å². The topological polar surface area (TPSA) is 26.9 Å². The van der Waals surface area contributed by atoms with Gasteiger partial charge in [-0.25, -0.2) is 0 Å². The first-order valence-electron chi connectivity index (χ1n) is 3.93. The molecule has 0 bridgehead atoms. The Balaban J connectivity index is 2.41. The minimum Gasteiger partial charge on any atom is -0.618 e. The molecule has 2 nitrogen and oxygen atoms in total. The van der Waals surface area contributed by atoms with E-state index in [0.29, 0.717) is 0 Å². The quantitative estimate of drug-likeness (QED) is 0.253. The second-order valence-corrected chi connectivity index (χ2v) is 4.66. The summed E-state index contributed by atoms with van der Waals surface area (Å²) >= 11 is 0. The molecule has 0 radical (unpaired) electrons. The van der Waals surface area contributed by atoms with Crippen LogP contribution in [0.1, 0.15) is 6.92 Å². The van der Waals surface area contributed by atoms with Crippen molar-refractivity contribution in [1.82, 2.24) is 0 Å². The van der Waals surface area contributed by atoms with E-state index in [4.69, 9.17) is 0 Å². The Morgan fingerprint density at radius 1 is 1.54 bits per heavy atom. The zero-order valence-electron chi connectivity index (χ0n) is 7.34. The van der Waals surface area contributed by atoms with Crippen LogP contribution in [-0.4, -0.2) is 5.75 Å². The zero-order chi connectivity index (χ0) is 9.52. The summed E-state index contributed by atoms with van der Waals surface area (Å²) in [6.45, 7) is 1.99. The van der Waals surface area contributed by atoms with Crippen molar-refractivity contribution in [2.24, 2.45) is 0 Å². The van der Waals surface area contributed by atoms with E-state index in [0.717, 1.165) is 15.5 Å². The highest BCUT2D eigenvalue weighted by Crippen LogP contribution is 2.27. The fraction of sp³-hybridized carbons (Fsp3) is 0.222. The van der Waals surface area contributed by atoms with Gasteiger partial charge in [0.25, 0.3) is 5.03 Å². The number of hydrogen-bond acceptors (Lipinski definition) is 3. The number of rotatable bonds is 4. The van der Waals surface area contributed by atoms with Gasteiger partial charge in [-0.3, -0.25) is 0 Å². The van der Waals surface area contributed by atoms with Crippen LogP contribution in [0, 0.1) is 5.21 Å². The van der Waals surface area contributed by atoms with Crippen LogP contribution in [0.2, 0.25) is 0 Å². The number of allylic oxidation sites excluding steroid dienone is 1. The SMILES string of the molecule is CC=CCSSc1cccc[n+]1[O-]. The average molecular weight is 213 g/mol. The molecule has 1 heterocycles. The standard InChI is InChI=1S/C9H11NOS2/c1-2-3-8-12-13-9-6-4-5-7-10(9)11/h2-7H,8H2,1H3. The predicted octanol–water partition coefficient (Wildman–Crippen LogP) is 2.64. The van der Waals surface area contributed by atoms with Crippen LogP contribution in [0.4, 0.5) is 0 Å². The first kappa shape index (κ1) is 10.5. The van der Waals surface area contributed by atoms with Crippen molar-refractivity contribution in [3.05, 3.63) is 41.8 Å². The fourth-order valence-corrected chi connectivity index (χ4v) is 2.62. The lowest BCUT2D eigenvalue weighted by molar-refractivity contribution is -0.645. The van der Waals surface area contributed by atoms with Gasteiger partial charge in [-0.2, -0.15) is 4.73 Å².